The number of methoxy groups -OCH3 is 1. The summed E-state index contributed by atoms with van der Waals surface area (Å²) >= 11 is 7.25. The van der Waals surface area contributed by atoms with Gasteiger partial charge in [0.25, 0.3) is 0 Å². The SMILES string of the molecule is COC(=O)Nc1nc(CC(=O)NCc2ccccc2Cl)cs1. The van der Waals surface area contributed by atoms with E-state index in [-0.39, 0.29) is 12.3 Å². The molecule has 0 atom stereocenters. The van der Waals surface area contributed by atoms with Crippen molar-refractivity contribution >= 4 is 40.1 Å². The van der Waals surface area contributed by atoms with Gasteiger partial charge in [-0.05, 0) is 11.6 Å². The molecule has 0 bridgehead atoms. The zero-order valence-corrected chi connectivity index (χ0v) is 13.3. The molecular formula is C14H14ClN3O3S. The maximum atomic E-state index is 11.9. The molecule has 1 aromatic heterocycles. The fourth-order valence-electron chi connectivity index (χ4n) is 1.65. The van der Waals surface area contributed by atoms with E-state index in [9.17, 15) is 9.59 Å². The Morgan fingerprint density at radius 1 is 1.36 bits per heavy atom. The number of thiazole rings is 1. The van der Waals surface area contributed by atoms with Crippen LogP contribution in [0.2, 0.25) is 5.02 Å². The van der Waals surface area contributed by atoms with Gasteiger partial charge in [-0.3, -0.25) is 10.1 Å². The third-order valence-corrected chi connectivity index (χ3v) is 3.90. The zero-order chi connectivity index (χ0) is 15.9. The smallest absolute Gasteiger partial charge is 0.413 e. The largest absolute Gasteiger partial charge is 0.453 e. The van der Waals surface area contributed by atoms with Crippen LogP contribution >= 0.6 is 22.9 Å². The van der Waals surface area contributed by atoms with Gasteiger partial charge in [0, 0.05) is 16.9 Å². The minimum Gasteiger partial charge on any atom is -0.453 e. The Labute approximate surface area is 136 Å². The minimum absolute atomic E-state index is 0.129. The topological polar surface area (TPSA) is 80.3 Å². The number of amides is 2. The van der Waals surface area contributed by atoms with E-state index in [1.807, 2.05) is 18.2 Å². The van der Waals surface area contributed by atoms with E-state index in [1.165, 1.54) is 18.4 Å². The van der Waals surface area contributed by atoms with Crippen molar-refractivity contribution in [3.8, 4) is 0 Å². The molecule has 0 fully saturated rings. The molecule has 0 saturated carbocycles. The van der Waals surface area contributed by atoms with Crippen molar-refractivity contribution in [1.82, 2.24) is 10.3 Å². The normalized spacial score (nSPS) is 10.1. The molecule has 2 amide bonds. The average Bonchev–Trinajstić information content (AvgIpc) is 2.93. The lowest BCUT2D eigenvalue weighted by Gasteiger charge is -2.05. The molecule has 0 aliphatic carbocycles. The van der Waals surface area contributed by atoms with Crippen molar-refractivity contribution < 1.29 is 14.3 Å². The number of hydrogen-bond acceptors (Lipinski definition) is 5. The predicted molar refractivity (Wildman–Crippen MR) is 85.1 cm³/mol. The van der Waals surface area contributed by atoms with Gasteiger partial charge in [0.1, 0.15) is 0 Å². The second kappa shape index (κ2) is 7.77. The first-order valence-electron chi connectivity index (χ1n) is 6.38. The Morgan fingerprint density at radius 2 is 2.14 bits per heavy atom. The number of ether oxygens (including phenoxy) is 1. The molecule has 6 nitrogen and oxygen atoms in total. The predicted octanol–water partition coefficient (Wildman–Crippen LogP) is 2.83. The molecule has 0 aliphatic heterocycles. The maximum absolute atomic E-state index is 11.9. The zero-order valence-electron chi connectivity index (χ0n) is 11.8. The van der Waals surface area contributed by atoms with Gasteiger partial charge in [0.05, 0.1) is 19.2 Å². The highest BCUT2D eigenvalue weighted by molar-refractivity contribution is 7.13. The van der Waals surface area contributed by atoms with E-state index in [2.05, 4.69) is 20.4 Å². The van der Waals surface area contributed by atoms with Gasteiger partial charge < -0.3 is 10.1 Å². The number of halogens is 1. The van der Waals surface area contributed by atoms with Crippen LogP contribution in [0, 0.1) is 0 Å². The molecule has 116 valence electrons. The van der Waals surface area contributed by atoms with E-state index < -0.39 is 6.09 Å². The first kappa shape index (κ1) is 16.3. The van der Waals surface area contributed by atoms with Gasteiger partial charge in [-0.25, -0.2) is 9.78 Å². The summed E-state index contributed by atoms with van der Waals surface area (Å²) in [5, 5.41) is 7.94. The van der Waals surface area contributed by atoms with E-state index in [1.54, 1.807) is 11.4 Å². The van der Waals surface area contributed by atoms with Crippen molar-refractivity contribution in [2.75, 3.05) is 12.4 Å². The quantitative estimate of drug-likeness (QED) is 0.877. The lowest BCUT2D eigenvalue weighted by molar-refractivity contribution is -0.120. The molecular weight excluding hydrogens is 326 g/mol. The van der Waals surface area contributed by atoms with Crippen molar-refractivity contribution in [3.63, 3.8) is 0 Å². The number of rotatable bonds is 5. The monoisotopic (exact) mass is 339 g/mol. The molecule has 1 aromatic carbocycles. The molecule has 8 heteroatoms. The molecule has 0 saturated heterocycles. The number of anilines is 1. The minimum atomic E-state index is -0.593. The molecule has 22 heavy (non-hydrogen) atoms. The highest BCUT2D eigenvalue weighted by Crippen LogP contribution is 2.16. The van der Waals surface area contributed by atoms with E-state index >= 15 is 0 Å². The van der Waals surface area contributed by atoms with Gasteiger partial charge in [0.15, 0.2) is 5.13 Å². The van der Waals surface area contributed by atoms with E-state index in [0.717, 1.165) is 5.56 Å². The van der Waals surface area contributed by atoms with Crippen LogP contribution in [-0.4, -0.2) is 24.1 Å². The number of nitrogens with zero attached hydrogens (tertiary/aromatic N) is 1. The second-order valence-electron chi connectivity index (χ2n) is 4.31. The molecule has 0 spiro atoms. The van der Waals surface area contributed by atoms with E-state index in [0.29, 0.717) is 22.4 Å². The van der Waals surface area contributed by atoms with Crippen molar-refractivity contribution in [2.24, 2.45) is 0 Å². The third-order valence-electron chi connectivity index (χ3n) is 2.72. The van der Waals surface area contributed by atoms with Crippen LogP contribution in [0.3, 0.4) is 0 Å². The summed E-state index contributed by atoms with van der Waals surface area (Å²) in [5.41, 5.74) is 1.43. The first-order chi connectivity index (χ1) is 10.6. The lowest BCUT2D eigenvalue weighted by Crippen LogP contribution is -2.24. The lowest BCUT2D eigenvalue weighted by atomic mass is 10.2. The average molecular weight is 340 g/mol. The summed E-state index contributed by atoms with van der Waals surface area (Å²) in [6.45, 7) is 0.357. The fourth-order valence-corrected chi connectivity index (χ4v) is 2.54. The van der Waals surface area contributed by atoms with Crippen LogP contribution < -0.4 is 10.6 Å². The van der Waals surface area contributed by atoms with Crippen LogP contribution in [0.4, 0.5) is 9.93 Å². The highest BCUT2D eigenvalue weighted by atomic mass is 35.5. The molecule has 2 aromatic rings. The Hall–Kier alpha value is -2.12. The number of aromatic nitrogens is 1. The Morgan fingerprint density at radius 3 is 2.86 bits per heavy atom. The third kappa shape index (κ3) is 4.71. The number of nitrogens with one attached hydrogen (secondary N) is 2. The van der Waals surface area contributed by atoms with Gasteiger partial charge in [-0.15, -0.1) is 11.3 Å². The number of benzene rings is 1. The number of carbonyl (C=O) groups excluding carboxylic acids is 2. The summed E-state index contributed by atoms with van der Waals surface area (Å²) in [7, 11) is 1.27. The Balaban J connectivity index is 1.85. The summed E-state index contributed by atoms with van der Waals surface area (Å²) in [4.78, 5) is 27.1. The van der Waals surface area contributed by atoms with Gasteiger partial charge in [-0.2, -0.15) is 0 Å². The van der Waals surface area contributed by atoms with E-state index in [4.69, 9.17) is 11.6 Å². The molecule has 2 N–H and O–H groups in total. The molecule has 2 rings (SSSR count). The fraction of sp³-hybridized carbons (Fsp3) is 0.214. The summed E-state index contributed by atoms with van der Waals surface area (Å²) in [6.07, 6.45) is -0.465. The van der Waals surface area contributed by atoms with Crippen LogP contribution in [0.15, 0.2) is 29.6 Å². The molecule has 0 unspecified atom stereocenters. The van der Waals surface area contributed by atoms with Gasteiger partial charge in [-0.1, -0.05) is 29.8 Å². The van der Waals surface area contributed by atoms with Crippen molar-refractivity contribution in [2.45, 2.75) is 13.0 Å². The number of carbonyl (C=O) groups is 2. The Kier molecular flexibility index (Phi) is 5.74. The van der Waals surface area contributed by atoms with Gasteiger partial charge >= 0.3 is 6.09 Å². The second-order valence-corrected chi connectivity index (χ2v) is 5.57. The molecule has 1 heterocycles. The van der Waals surface area contributed by atoms with Gasteiger partial charge in [0.2, 0.25) is 5.91 Å². The van der Waals surface area contributed by atoms with Crippen LogP contribution in [0.1, 0.15) is 11.3 Å². The summed E-state index contributed by atoms with van der Waals surface area (Å²) in [5.74, 6) is -0.171. The van der Waals surface area contributed by atoms with Crippen LogP contribution in [-0.2, 0) is 22.5 Å². The van der Waals surface area contributed by atoms with Crippen LogP contribution in [0.5, 0.6) is 0 Å². The Bertz CT molecular complexity index is 675. The first-order valence-corrected chi connectivity index (χ1v) is 7.63. The highest BCUT2D eigenvalue weighted by Gasteiger charge is 2.10. The number of hydrogen-bond donors (Lipinski definition) is 2. The standard InChI is InChI=1S/C14H14ClN3O3S/c1-21-14(20)18-13-17-10(8-22-13)6-12(19)16-7-9-4-2-3-5-11(9)15/h2-5,8H,6-7H2,1H3,(H,16,19)(H,17,18,20). The molecule has 0 radical (unpaired) electrons. The van der Waals surface area contributed by atoms with Crippen LogP contribution in [0.25, 0.3) is 0 Å². The van der Waals surface area contributed by atoms with Crippen molar-refractivity contribution in [3.05, 3.63) is 45.9 Å². The summed E-state index contributed by atoms with van der Waals surface area (Å²) in [6, 6.07) is 7.31. The summed E-state index contributed by atoms with van der Waals surface area (Å²) < 4.78 is 4.47. The maximum Gasteiger partial charge on any atom is 0.413 e. The molecule has 0 aliphatic rings. The van der Waals surface area contributed by atoms with Crippen molar-refractivity contribution in [1.29, 1.82) is 0 Å².